The van der Waals surface area contributed by atoms with Gasteiger partial charge in [-0.2, -0.15) is 5.26 Å². The van der Waals surface area contributed by atoms with Crippen LogP contribution in [0.15, 0.2) is 48.2 Å². The molecule has 2 aromatic rings. The summed E-state index contributed by atoms with van der Waals surface area (Å²) in [6, 6.07) is 9.29. The number of carbonyl (C=O) groups excluding carboxylic acids is 1. The summed E-state index contributed by atoms with van der Waals surface area (Å²) in [6.07, 6.45) is 0.911. The monoisotopic (exact) mass is 367 g/mol. The summed E-state index contributed by atoms with van der Waals surface area (Å²) < 4.78 is 27.0. The second-order valence-corrected chi connectivity index (χ2v) is 5.31. The molecular formula is C16H9Cl2F2N3O. The minimum atomic E-state index is -0.853. The molecule has 0 aromatic heterocycles. The smallest absolute Gasteiger partial charge is 0.267 e. The first-order chi connectivity index (χ1) is 11.4. The fourth-order valence-electron chi connectivity index (χ4n) is 1.70. The zero-order valence-corrected chi connectivity index (χ0v) is 13.4. The zero-order valence-electron chi connectivity index (χ0n) is 11.9. The highest BCUT2D eigenvalue weighted by Gasteiger charge is 2.12. The lowest BCUT2D eigenvalue weighted by atomic mass is 10.2. The Morgan fingerprint density at radius 2 is 1.79 bits per heavy atom. The van der Waals surface area contributed by atoms with Gasteiger partial charge < -0.3 is 10.6 Å². The molecule has 0 radical (unpaired) electrons. The van der Waals surface area contributed by atoms with Crippen LogP contribution in [-0.2, 0) is 4.79 Å². The average Bonchev–Trinajstić information content (AvgIpc) is 2.54. The van der Waals surface area contributed by atoms with Crippen LogP contribution >= 0.6 is 23.2 Å². The van der Waals surface area contributed by atoms with Crippen molar-refractivity contribution in [3.8, 4) is 6.07 Å². The lowest BCUT2D eigenvalue weighted by Gasteiger charge is -2.07. The van der Waals surface area contributed by atoms with Gasteiger partial charge in [0.25, 0.3) is 5.91 Å². The molecule has 0 atom stereocenters. The molecule has 0 saturated carbocycles. The molecule has 0 heterocycles. The normalized spacial score (nSPS) is 10.9. The van der Waals surface area contributed by atoms with Crippen molar-refractivity contribution in [1.82, 2.24) is 0 Å². The van der Waals surface area contributed by atoms with Crippen LogP contribution in [0.3, 0.4) is 0 Å². The highest BCUT2D eigenvalue weighted by Crippen LogP contribution is 2.25. The molecule has 24 heavy (non-hydrogen) atoms. The van der Waals surface area contributed by atoms with Crippen LogP contribution in [0.1, 0.15) is 0 Å². The SMILES string of the molecule is N#C/C(=C/Nc1c(F)cccc1F)C(=O)Nc1ccc(Cl)c(Cl)c1. The van der Waals surface area contributed by atoms with Gasteiger partial charge in [0.2, 0.25) is 0 Å². The Morgan fingerprint density at radius 1 is 1.12 bits per heavy atom. The van der Waals surface area contributed by atoms with E-state index < -0.39 is 23.2 Å². The second-order valence-electron chi connectivity index (χ2n) is 4.49. The lowest BCUT2D eigenvalue weighted by molar-refractivity contribution is -0.112. The molecule has 0 fully saturated rings. The quantitative estimate of drug-likeness (QED) is 0.606. The Morgan fingerprint density at radius 3 is 2.38 bits per heavy atom. The summed E-state index contributed by atoms with van der Waals surface area (Å²) in [5, 5.41) is 14.3. The summed E-state index contributed by atoms with van der Waals surface area (Å²) in [6.45, 7) is 0. The maximum absolute atomic E-state index is 13.5. The molecule has 2 aromatic carbocycles. The molecule has 8 heteroatoms. The van der Waals surface area contributed by atoms with Crippen LogP contribution in [0.25, 0.3) is 0 Å². The summed E-state index contributed by atoms with van der Waals surface area (Å²) in [5.74, 6) is -2.48. The molecule has 2 N–H and O–H groups in total. The van der Waals surface area contributed by atoms with Crippen molar-refractivity contribution in [3.05, 3.63) is 69.9 Å². The van der Waals surface area contributed by atoms with Gasteiger partial charge in [0.1, 0.15) is 29.0 Å². The van der Waals surface area contributed by atoms with E-state index >= 15 is 0 Å². The molecule has 0 spiro atoms. The number of anilines is 2. The minimum absolute atomic E-state index is 0.225. The number of benzene rings is 2. The van der Waals surface area contributed by atoms with E-state index in [1.54, 1.807) is 6.07 Å². The van der Waals surface area contributed by atoms with Gasteiger partial charge >= 0.3 is 0 Å². The van der Waals surface area contributed by atoms with E-state index in [9.17, 15) is 13.6 Å². The van der Waals surface area contributed by atoms with E-state index in [4.69, 9.17) is 28.5 Å². The lowest BCUT2D eigenvalue weighted by Crippen LogP contribution is -2.14. The number of hydrogen-bond donors (Lipinski definition) is 2. The summed E-state index contributed by atoms with van der Waals surface area (Å²) in [7, 11) is 0. The first kappa shape index (κ1) is 17.7. The van der Waals surface area contributed by atoms with Gasteiger partial charge in [0.15, 0.2) is 0 Å². The Balaban J connectivity index is 2.16. The van der Waals surface area contributed by atoms with E-state index in [1.807, 2.05) is 0 Å². The number of rotatable bonds is 4. The Bertz CT molecular complexity index is 843. The number of halogens is 4. The van der Waals surface area contributed by atoms with Crippen molar-refractivity contribution in [2.75, 3.05) is 10.6 Å². The second kappa shape index (κ2) is 7.77. The van der Waals surface area contributed by atoms with Gasteiger partial charge in [-0.05, 0) is 30.3 Å². The van der Waals surface area contributed by atoms with Crippen molar-refractivity contribution >= 4 is 40.5 Å². The predicted molar refractivity (Wildman–Crippen MR) is 88.8 cm³/mol. The Kier molecular flexibility index (Phi) is 5.74. The zero-order chi connectivity index (χ0) is 17.7. The van der Waals surface area contributed by atoms with E-state index in [0.717, 1.165) is 18.3 Å². The third kappa shape index (κ3) is 4.22. The summed E-state index contributed by atoms with van der Waals surface area (Å²) in [5.41, 5.74) is -0.538. The first-order valence-corrected chi connectivity index (χ1v) is 7.25. The van der Waals surface area contributed by atoms with Crippen molar-refractivity contribution in [2.24, 2.45) is 0 Å². The molecule has 4 nitrogen and oxygen atoms in total. The van der Waals surface area contributed by atoms with Crippen LogP contribution < -0.4 is 10.6 Å². The van der Waals surface area contributed by atoms with E-state index in [1.165, 1.54) is 24.3 Å². The molecular weight excluding hydrogens is 359 g/mol. The van der Waals surface area contributed by atoms with Gasteiger partial charge in [-0.25, -0.2) is 8.78 Å². The molecule has 0 aliphatic rings. The third-order valence-electron chi connectivity index (χ3n) is 2.87. The number of nitrogens with one attached hydrogen (secondary N) is 2. The molecule has 0 bridgehead atoms. The van der Waals surface area contributed by atoms with Crippen LogP contribution in [-0.4, -0.2) is 5.91 Å². The molecule has 1 amide bonds. The molecule has 2 rings (SSSR count). The van der Waals surface area contributed by atoms with Crippen molar-refractivity contribution in [2.45, 2.75) is 0 Å². The maximum Gasteiger partial charge on any atom is 0.267 e. The third-order valence-corrected chi connectivity index (χ3v) is 3.61. The van der Waals surface area contributed by atoms with E-state index in [2.05, 4.69) is 10.6 Å². The van der Waals surface area contributed by atoms with Gasteiger partial charge in [0, 0.05) is 11.9 Å². The van der Waals surface area contributed by atoms with E-state index in [-0.39, 0.29) is 10.6 Å². The summed E-state index contributed by atoms with van der Waals surface area (Å²) >= 11 is 11.6. The average molecular weight is 368 g/mol. The number of nitriles is 1. The van der Waals surface area contributed by atoms with Crippen LogP contribution in [0.2, 0.25) is 10.0 Å². The minimum Gasteiger partial charge on any atom is -0.355 e. The number of amides is 1. The van der Waals surface area contributed by atoms with Crippen molar-refractivity contribution in [3.63, 3.8) is 0 Å². The van der Waals surface area contributed by atoms with E-state index in [0.29, 0.717) is 10.7 Å². The summed E-state index contributed by atoms with van der Waals surface area (Å²) in [4.78, 5) is 12.0. The predicted octanol–water partition coefficient (Wildman–Crippen LogP) is 4.73. The number of hydrogen-bond acceptors (Lipinski definition) is 3. The van der Waals surface area contributed by atoms with Crippen LogP contribution in [0.5, 0.6) is 0 Å². The number of nitrogens with zero attached hydrogens (tertiary/aromatic N) is 1. The van der Waals surface area contributed by atoms with Crippen molar-refractivity contribution in [1.29, 1.82) is 5.26 Å². The molecule has 0 saturated heterocycles. The van der Waals surface area contributed by atoms with Crippen molar-refractivity contribution < 1.29 is 13.6 Å². The van der Waals surface area contributed by atoms with Crippen LogP contribution in [0, 0.1) is 23.0 Å². The molecule has 0 aliphatic carbocycles. The Hall–Kier alpha value is -2.62. The van der Waals surface area contributed by atoms with Gasteiger partial charge in [0.05, 0.1) is 10.0 Å². The fourth-order valence-corrected chi connectivity index (χ4v) is 2.00. The van der Waals surface area contributed by atoms with Crippen LogP contribution in [0.4, 0.5) is 20.2 Å². The maximum atomic E-state index is 13.5. The topological polar surface area (TPSA) is 64.9 Å². The fraction of sp³-hybridized carbons (Fsp3) is 0. The highest BCUT2D eigenvalue weighted by atomic mass is 35.5. The highest BCUT2D eigenvalue weighted by molar-refractivity contribution is 6.42. The molecule has 122 valence electrons. The number of para-hydroxylation sites is 1. The largest absolute Gasteiger partial charge is 0.355 e. The molecule has 0 unspecified atom stereocenters. The van der Waals surface area contributed by atoms with Gasteiger partial charge in [-0.3, -0.25) is 4.79 Å². The van der Waals surface area contributed by atoms with Gasteiger partial charge in [-0.1, -0.05) is 29.3 Å². The Labute approximate surface area is 146 Å². The molecule has 0 aliphatic heterocycles. The van der Waals surface area contributed by atoms with Gasteiger partial charge in [-0.15, -0.1) is 0 Å². The number of carbonyl (C=O) groups is 1. The first-order valence-electron chi connectivity index (χ1n) is 6.49. The standard InChI is InChI=1S/C16H9Cl2F2N3O/c17-11-5-4-10(6-12(11)18)23-16(24)9(7-21)8-22-15-13(19)2-1-3-14(15)20/h1-6,8,22H,(H,23,24)/b9-8-.